The van der Waals surface area contributed by atoms with E-state index in [4.69, 9.17) is 5.73 Å². The van der Waals surface area contributed by atoms with Crippen LogP contribution in [0.5, 0.6) is 0 Å². The Hall–Kier alpha value is -0.470. The maximum Gasteiger partial charge on any atom is 0.0192 e. The molecule has 1 nitrogen and oxygen atoms in total. The van der Waals surface area contributed by atoms with E-state index in [1.807, 2.05) is 0 Å². The summed E-state index contributed by atoms with van der Waals surface area (Å²) in [4.78, 5) is 0. The van der Waals surface area contributed by atoms with Gasteiger partial charge in [-0.2, -0.15) is 11.8 Å². The zero-order chi connectivity index (χ0) is 13.1. The maximum atomic E-state index is 6.06. The van der Waals surface area contributed by atoms with Crippen LogP contribution < -0.4 is 5.73 Å². The van der Waals surface area contributed by atoms with Gasteiger partial charge in [-0.05, 0) is 56.7 Å². The molecule has 2 rings (SSSR count). The lowest BCUT2D eigenvalue weighted by Gasteiger charge is -2.26. The molecule has 1 aromatic rings. The summed E-state index contributed by atoms with van der Waals surface area (Å²) in [5, 5.41) is 0.772. The van der Waals surface area contributed by atoms with Gasteiger partial charge in [-0.3, -0.25) is 0 Å². The minimum atomic E-state index is 0.441. The molecule has 0 bridgehead atoms. The molecule has 2 unspecified atom stereocenters. The van der Waals surface area contributed by atoms with Gasteiger partial charge in [0.05, 0.1) is 0 Å². The highest BCUT2D eigenvalue weighted by molar-refractivity contribution is 7.99. The molecule has 1 fully saturated rings. The van der Waals surface area contributed by atoms with E-state index < -0.39 is 0 Å². The predicted octanol–water partition coefficient (Wildman–Crippen LogP) is 4.11. The second-order valence-electron chi connectivity index (χ2n) is 5.74. The molecule has 2 atom stereocenters. The summed E-state index contributed by atoms with van der Waals surface area (Å²) in [7, 11) is 0. The average molecular weight is 263 g/mol. The second-order valence-corrected chi connectivity index (χ2v) is 7.03. The van der Waals surface area contributed by atoms with Crippen molar-refractivity contribution in [2.75, 3.05) is 0 Å². The molecule has 100 valence electrons. The third-order valence-corrected chi connectivity index (χ3v) is 5.33. The van der Waals surface area contributed by atoms with Crippen LogP contribution >= 0.6 is 11.8 Å². The third-order valence-electron chi connectivity index (χ3n) is 3.97. The lowest BCUT2D eigenvalue weighted by molar-refractivity contribution is 0.451. The van der Waals surface area contributed by atoms with Crippen LogP contribution in [0, 0.1) is 20.8 Å². The first-order valence-corrected chi connectivity index (χ1v) is 8.05. The van der Waals surface area contributed by atoms with Crippen LogP contribution in [-0.2, 0) is 5.75 Å². The van der Waals surface area contributed by atoms with Crippen molar-refractivity contribution in [1.82, 2.24) is 0 Å². The molecule has 1 saturated carbocycles. The SMILES string of the molecule is Cc1cc(C)c(CSC2CCCC(N)C2)c(C)c1. The van der Waals surface area contributed by atoms with E-state index in [2.05, 4.69) is 44.7 Å². The summed E-state index contributed by atoms with van der Waals surface area (Å²) in [6.45, 7) is 6.65. The molecule has 1 aliphatic rings. The van der Waals surface area contributed by atoms with Gasteiger partial charge in [0, 0.05) is 17.0 Å². The number of hydrogen-bond acceptors (Lipinski definition) is 2. The van der Waals surface area contributed by atoms with Crippen molar-refractivity contribution in [3.8, 4) is 0 Å². The topological polar surface area (TPSA) is 26.0 Å². The quantitative estimate of drug-likeness (QED) is 0.888. The van der Waals surface area contributed by atoms with Crippen molar-refractivity contribution in [3.05, 3.63) is 34.4 Å². The average Bonchev–Trinajstić information content (AvgIpc) is 2.27. The minimum Gasteiger partial charge on any atom is -0.328 e. The van der Waals surface area contributed by atoms with Crippen LogP contribution in [0.1, 0.15) is 47.9 Å². The van der Waals surface area contributed by atoms with Crippen LogP contribution in [0.15, 0.2) is 12.1 Å². The van der Waals surface area contributed by atoms with Crippen molar-refractivity contribution >= 4 is 11.8 Å². The standard InChI is InChI=1S/C16H25NS/c1-11-7-12(2)16(13(3)8-11)10-18-15-6-4-5-14(17)9-15/h7-8,14-15H,4-6,9-10,17H2,1-3H3. The fraction of sp³-hybridized carbons (Fsp3) is 0.625. The highest BCUT2D eigenvalue weighted by atomic mass is 32.2. The first-order valence-electron chi connectivity index (χ1n) is 7.00. The molecule has 1 aromatic carbocycles. The van der Waals surface area contributed by atoms with Gasteiger partial charge in [0.2, 0.25) is 0 Å². The van der Waals surface area contributed by atoms with Gasteiger partial charge in [0.15, 0.2) is 0 Å². The summed E-state index contributed by atoms with van der Waals surface area (Å²) in [6.07, 6.45) is 5.08. The van der Waals surface area contributed by atoms with Crippen LogP contribution in [0.3, 0.4) is 0 Å². The Morgan fingerprint density at radius 1 is 1.17 bits per heavy atom. The molecule has 0 aromatic heterocycles. The van der Waals surface area contributed by atoms with E-state index >= 15 is 0 Å². The second kappa shape index (κ2) is 6.12. The first kappa shape index (κ1) is 14.0. The Balaban J connectivity index is 1.97. The van der Waals surface area contributed by atoms with Crippen LogP contribution in [0.2, 0.25) is 0 Å². The Bertz CT molecular complexity index is 391. The van der Waals surface area contributed by atoms with Gasteiger partial charge in [-0.15, -0.1) is 0 Å². The van der Waals surface area contributed by atoms with Crippen molar-refractivity contribution in [3.63, 3.8) is 0 Å². The Morgan fingerprint density at radius 3 is 2.44 bits per heavy atom. The molecule has 0 radical (unpaired) electrons. The fourth-order valence-electron chi connectivity index (χ4n) is 2.97. The molecule has 0 saturated heterocycles. The smallest absolute Gasteiger partial charge is 0.0192 e. The van der Waals surface area contributed by atoms with Gasteiger partial charge in [-0.1, -0.05) is 24.1 Å². The molecular weight excluding hydrogens is 238 g/mol. The van der Waals surface area contributed by atoms with Gasteiger partial charge < -0.3 is 5.73 Å². The molecular formula is C16H25NS. The Morgan fingerprint density at radius 2 is 1.83 bits per heavy atom. The summed E-state index contributed by atoms with van der Waals surface area (Å²) >= 11 is 2.11. The predicted molar refractivity (Wildman–Crippen MR) is 82.2 cm³/mol. The van der Waals surface area contributed by atoms with Crippen LogP contribution in [0.25, 0.3) is 0 Å². The third kappa shape index (κ3) is 3.52. The van der Waals surface area contributed by atoms with E-state index in [0.29, 0.717) is 6.04 Å². The molecule has 0 spiro atoms. The number of benzene rings is 1. The lowest BCUT2D eigenvalue weighted by Crippen LogP contribution is -2.29. The molecule has 0 aliphatic heterocycles. The van der Waals surface area contributed by atoms with Crippen molar-refractivity contribution in [2.24, 2.45) is 5.73 Å². The minimum absolute atomic E-state index is 0.441. The van der Waals surface area contributed by atoms with E-state index in [9.17, 15) is 0 Å². The first-order chi connectivity index (χ1) is 8.56. The van der Waals surface area contributed by atoms with Gasteiger partial charge in [0.1, 0.15) is 0 Å². The molecule has 0 amide bonds. The Labute approximate surface area is 116 Å². The van der Waals surface area contributed by atoms with E-state index in [0.717, 1.165) is 11.0 Å². The molecule has 2 N–H and O–H groups in total. The van der Waals surface area contributed by atoms with Gasteiger partial charge in [-0.25, -0.2) is 0 Å². The number of rotatable bonds is 3. The molecule has 0 heterocycles. The number of aryl methyl sites for hydroxylation is 3. The zero-order valence-corrected chi connectivity index (χ0v) is 12.6. The van der Waals surface area contributed by atoms with Crippen molar-refractivity contribution in [2.45, 2.75) is 63.5 Å². The molecule has 1 aliphatic carbocycles. The molecule has 18 heavy (non-hydrogen) atoms. The lowest BCUT2D eigenvalue weighted by atomic mass is 9.96. The largest absolute Gasteiger partial charge is 0.328 e. The highest BCUT2D eigenvalue weighted by Gasteiger charge is 2.19. The monoisotopic (exact) mass is 263 g/mol. The summed E-state index contributed by atoms with van der Waals surface area (Å²) in [6, 6.07) is 5.04. The van der Waals surface area contributed by atoms with E-state index in [-0.39, 0.29) is 0 Å². The number of thioether (sulfide) groups is 1. The van der Waals surface area contributed by atoms with Gasteiger partial charge in [0.25, 0.3) is 0 Å². The van der Waals surface area contributed by atoms with E-state index in [1.54, 1.807) is 0 Å². The normalized spacial score (nSPS) is 24.2. The molecule has 2 heteroatoms. The highest BCUT2D eigenvalue weighted by Crippen LogP contribution is 2.31. The van der Waals surface area contributed by atoms with Crippen LogP contribution in [0.4, 0.5) is 0 Å². The number of hydrogen-bond donors (Lipinski definition) is 1. The van der Waals surface area contributed by atoms with Crippen molar-refractivity contribution < 1.29 is 0 Å². The summed E-state index contributed by atoms with van der Waals surface area (Å²) < 4.78 is 0. The van der Waals surface area contributed by atoms with Crippen molar-refractivity contribution in [1.29, 1.82) is 0 Å². The summed E-state index contributed by atoms with van der Waals surface area (Å²) in [5.74, 6) is 1.15. The number of nitrogens with two attached hydrogens (primary N) is 1. The zero-order valence-electron chi connectivity index (χ0n) is 11.8. The van der Waals surface area contributed by atoms with Gasteiger partial charge >= 0.3 is 0 Å². The summed E-state index contributed by atoms with van der Waals surface area (Å²) in [5.41, 5.74) is 11.9. The Kier molecular flexibility index (Phi) is 4.74. The maximum absolute atomic E-state index is 6.06. The fourth-order valence-corrected chi connectivity index (χ4v) is 4.55. The van der Waals surface area contributed by atoms with Crippen LogP contribution in [-0.4, -0.2) is 11.3 Å². The van der Waals surface area contributed by atoms with E-state index in [1.165, 1.54) is 47.9 Å².